The molecule has 1 aromatic carbocycles. The number of benzene rings is 1. The summed E-state index contributed by atoms with van der Waals surface area (Å²) in [5, 5.41) is 8.72. The molecule has 0 radical (unpaired) electrons. The Hall–Kier alpha value is -2.10. The zero-order valence-electron chi connectivity index (χ0n) is 10.8. The molecule has 0 aliphatic carbocycles. The molecular weight excluding hydrogens is 295 g/mol. The van der Waals surface area contributed by atoms with Crippen molar-refractivity contribution >= 4 is 5.97 Å². The number of hydrogen-bond acceptors (Lipinski definition) is 1. The van der Waals surface area contributed by atoms with Crippen LogP contribution in [0.1, 0.15) is 24.5 Å². The van der Waals surface area contributed by atoms with Crippen LogP contribution in [0.4, 0.5) is 22.0 Å². The van der Waals surface area contributed by atoms with Gasteiger partial charge < -0.3 is 5.11 Å². The Balaban J connectivity index is 3.05. The first kappa shape index (κ1) is 17.0. The van der Waals surface area contributed by atoms with Gasteiger partial charge in [0.2, 0.25) is 0 Å². The molecule has 0 spiro atoms. The highest BCUT2D eigenvalue weighted by Gasteiger charge is 2.34. The van der Waals surface area contributed by atoms with Crippen molar-refractivity contribution in [2.24, 2.45) is 5.92 Å². The summed E-state index contributed by atoms with van der Waals surface area (Å²) in [6.45, 7) is 1.45. The van der Waals surface area contributed by atoms with Crippen LogP contribution >= 0.6 is 0 Å². The fraction of sp³-hybridized carbons (Fsp3) is 0.357. The van der Waals surface area contributed by atoms with Gasteiger partial charge in [-0.15, -0.1) is 0 Å². The molecule has 0 saturated carbocycles. The molecule has 2 nitrogen and oxygen atoms in total. The quantitative estimate of drug-likeness (QED) is 0.684. The molecule has 1 aromatic rings. The highest BCUT2D eigenvalue weighted by atomic mass is 19.4. The summed E-state index contributed by atoms with van der Waals surface area (Å²) < 4.78 is 64.0. The highest BCUT2D eigenvalue weighted by molar-refractivity contribution is 5.71. The molecule has 0 bridgehead atoms. The van der Waals surface area contributed by atoms with Crippen LogP contribution in [0, 0.1) is 23.6 Å². The van der Waals surface area contributed by atoms with Gasteiger partial charge in [-0.3, -0.25) is 4.79 Å². The van der Waals surface area contributed by atoms with Crippen molar-refractivity contribution in [2.45, 2.75) is 25.7 Å². The van der Waals surface area contributed by atoms with Gasteiger partial charge in [0.25, 0.3) is 0 Å². The smallest absolute Gasteiger partial charge is 0.419 e. The van der Waals surface area contributed by atoms with Gasteiger partial charge in [-0.05, 0) is 24.6 Å². The Morgan fingerprint density at radius 2 is 2.00 bits per heavy atom. The number of alkyl halides is 4. The molecule has 0 aliphatic heterocycles. The van der Waals surface area contributed by atoms with E-state index >= 15 is 0 Å². The minimum absolute atomic E-state index is 0.0115. The van der Waals surface area contributed by atoms with Crippen molar-refractivity contribution < 1.29 is 31.9 Å². The van der Waals surface area contributed by atoms with Crippen LogP contribution in [0.5, 0.6) is 0 Å². The van der Waals surface area contributed by atoms with Crippen molar-refractivity contribution in [1.29, 1.82) is 0 Å². The standard InChI is InChI=1S/C14H11F5O2/c1-2-9(13(20)21)11(15)5-3-8-4-6-12(16)10(7-8)14(17,18)19/h4,6-7,9,11H,2H2,1H3,(H,20,21)/t9-,11+/m0/s1. The number of carboxylic acid groups (broad SMARTS) is 1. The van der Waals surface area contributed by atoms with Crippen LogP contribution in [-0.2, 0) is 11.0 Å². The molecule has 0 aliphatic rings. The van der Waals surface area contributed by atoms with E-state index in [2.05, 4.69) is 5.92 Å². The fourth-order valence-corrected chi connectivity index (χ4v) is 1.58. The Kier molecular flexibility index (Phi) is 5.30. The van der Waals surface area contributed by atoms with Crippen LogP contribution in [-0.4, -0.2) is 17.2 Å². The number of aliphatic carboxylic acids is 1. The van der Waals surface area contributed by atoms with E-state index in [1.165, 1.54) is 6.92 Å². The van der Waals surface area contributed by atoms with Gasteiger partial charge >= 0.3 is 12.1 Å². The van der Waals surface area contributed by atoms with E-state index in [1.54, 1.807) is 0 Å². The van der Waals surface area contributed by atoms with Gasteiger partial charge in [-0.1, -0.05) is 18.8 Å². The lowest BCUT2D eigenvalue weighted by Crippen LogP contribution is -2.22. The molecule has 0 fully saturated rings. The Morgan fingerprint density at radius 1 is 1.38 bits per heavy atom. The molecule has 0 heterocycles. The predicted octanol–water partition coefficient (Wildman–Crippen LogP) is 3.64. The van der Waals surface area contributed by atoms with Crippen LogP contribution < -0.4 is 0 Å². The molecule has 0 aromatic heterocycles. The lowest BCUT2D eigenvalue weighted by Gasteiger charge is -2.09. The second-order valence-corrected chi connectivity index (χ2v) is 4.22. The lowest BCUT2D eigenvalue weighted by atomic mass is 10.0. The minimum Gasteiger partial charge on any atom is -0.481 e. The molecule has 0 saturated heterocycles. The SMILES string of the molecule is CC[C@H](C(=O)O)[C@H](F)C#Cc1ccc(F)c(C(F)(F)F)c1. The average molecular weight is 306 g/mol. The van der Waals surface area contributed by atoms with Crippen molar-refractivity contribution in [2.75, 3.05) is 0 Å². The maximum absolute atomic E-state index is 13.6. The lowest BCUT2D eigenvalue weighted by molar-refractivity contribution is -0.143. The van der Waals surface area contributed by atoms with Gasteiger partial charge in [-0.2, -0.15) is 13.2 Å². The molecule has 21 heavy (non-hydrogen) atoms. The topological polar surface area (TPSA) is 37.3 Å². The molecular formula is C14H11F5O2. The Labute approximate surface area is 117 Å². The third kappa shape index (κ3) is 4.45. The minimum atomic E-state index is -4.89. The van der Waals surface area contributed by atoms with E-state index in [-0.39, 0.29) is 12.0 Å². The number of carbonyl (C=O) groups is 1. The van der Waals surface area contributed by atoms with E-state index in [1.807, 2.05) is 5.92 Å². The van der Waals surface area contributed by atoms with Crippen molar-refractivity contribution in [1.82, 2.24) is 0 Å². The van der Waals surface area contributed by atoms with E-state index in [0.29, 0.717) is 12.1 Å². The fourth-order valence-electron chi connectivity index (χ4n) is 1.58. The van der Waals surface area contributed by atoms with Crippen LogP contribution in [0.25, 0.3) is 0 Å². The van der Waals surface area contributed by atoms with Crippen LogP contribution in [0.15, 0.2) is 18.2 Å². The summed E-state index contributed by atoms with van der Waals surface area (Å²) in [7, 11) is 0. The van der Waals surface area contributed by atoms with Gasteiger partial charge in [0.1, 0.15) is 5.82 Å². The van der Waals surface area contributed by atoms with Crippen molar-refractivity contribution in [3.63, 3.8) is 0 Å². The Bertz CT molecular complexity index is 583. The molecule has 7 heteroatoms. The number of carboxylic acids is 1. The maximum atomic E-state index is 13.6. The van der Waals surface area contributed by atoms with E-state index in [0.717, 1.165) is 6.07 Å². The molecule has 114 valence electrons. The summed E-state index contributed by atoms with van der Waals surface area (Å²) >= 11 is 0. The largest absolute Gasteiger partial charge is 0.481 e. The normalized spacial score (nSPS) is 14.0. The summed E-state index contributed by atoms with van der Waals surface area (Å²) in [4.78, 5) is 10.7. The predicted molar refractivity (Wildman–Crippen MR) is 64.6 cm³/mol. The molecule has 1 rings (SSSR count). The summed E-state index contributed by atoms with van der Waals surface area (Å²) in [5.41, 5.74) is -1.75. The first-order chi connectivity index (χ1) is 9.66. The van der Waals surface area contributed by atoms with E-state index in [4.69, 9.17) is 5.11 Å². The molecule has 0 unspecified atom stereocenters. The molecule has 2 atom stereocenters. The second-order valence-electron chi connectivity index (χ2n) is 4.22. The van der Waals surface area contributed by atoms with Gasteiger partial charge in [0, 0.05) is 5.56 Å². The third-order valence-corrected chi connectivity index (χ3v) is 2.74. The first-order valence-electron chi connectivity index (χ1n) is 5.92. The Morgan fingerprint density at radius 3 is 2.48 bits per heavy atom. The zero-order valence-corrected chi connectivity index (χ0v) is 10.8. The number of rotatable bonds is 3. The highest BCUT2D eigenvalue weighted by Crippen LogP contribution is 2.31. The monoisotopic (exact) mass is 306 g/mol. The zero-order chi connectivity index (χ0) is 16.2. The van der Waals surface area contributed by atoms with Gasteiger partial charge in [0.15, 0.2) is 6.17 Å². The van der Waals surface area contributed by atoms with Crippen LogP contribution in [0.2, 0.25) is 0 Å². The average Bonchev–Trinajstić information content (AvgIpc) is 2.36. The summed E-state index contributed by atoms with van der Waals surface area (Å²) in [6, 6.07) is 2.00. The number of halogens is 5. The molecule has 1 N–H and O–H groups in total. The van der Waals surface area contributed by atoms with E-state index in [9.17, 15) is 26.7 Å². The summed E-state index contributed by atoms with van der Waals surface area (Å²) in [5.74, 6) is -0.157. The third-order valence-electron chi connectivity index (χ3n) is 2.74. The van der Waals surface area contributed by atoms with Gasteiger partial charge in [-0.25, -0.2) is 8.78 Å². The second kappa shape index (κ2) is 6.57. The summed E-state index contributed by atoms with van der Waals surface area (Å²) in [6.07, 6.45) is -6.92. The van der Waals surface area contributed by atoms with Crippen molar-refractivity contribution in [3.05, 3.63) is 35.1 Å². The van der Waals surface area contributed by atoms with Gasteiger partial charge in [0.05, 0.1) is 11.5 Å². The van der Waals surface area contributed by atoms with Crippen LogP contribution in [0.3, 0.4) is 0 Å². The maximum Gasteiger partial charge on any atom is 0.419 e. The molecule has 0 amide bonds. The number of hydrogen-bond donors (Lipinski definition) is 1. The van der Waals surface area contributed by atoms with Crippen molar-refractivity contribution in [3.8, 4) is 11.8 Å². The first-order valence-corrected chi connectivity index (χ1v) is 5.92. The van der Waals surface area contributed by atoms with E-state index < -0.39 is 35.6 Å².